The summed E-state index contributed by atoms with van der Waals surface area (Å²) in [4.78, 5) is 16.1. The molecule has 0 spiro atoms. The topological polar surface area (TPSA) is 35.6 Å². The Bertz CT molecular complexity index is 531. The summed E-state index contributed by atoms with van der Waals surface area (Å²) in [5, 5.41) is 3.76. The summed E-state index contributed by atoms with van der Waals surface area (Å²) in [7, 11) is 3.68. The number of benzene rings is 1. The number of likely N-dealkylation sites (tertiary alicyclic amines) is 1. The molecule has 132 valence electrons. The Morgan fingerprint density at radius 2 is 2.04 bits per heavy atom. The fourth-order valence-corrected chi connectivity index (χ4v) is 4.28. The van der Waals surface area contributed by atoms with Crippen LogP contribution in [0.5, 0.6) is 0 Å². The Labute approximate surface area is 146 Å². The zero-order valence-corrected chi connectivity index (χ0v) is 15.1. The van der Waals surface area contributed by atoms with E-state index in [0.29, 0.717) is 12.5 Å². The lowest BCUT2D eigenvalue weighted by Crippen LogP contribution is -2.55. The van der Waals surface area contributed by atoms with Gasteiger partial charge in [0.05, 0.1) is 0 Å². The highest BCUT2D eigenvalue weighted by atomic mass is 16.2. The van der Waals surface area contributed by atoms with Crippen LogP contribution < -0.4 is 5.32 Å². The number of amides is 1. The molecule has 3 rings (SSSR count). The van der Waals surface area contributed by atoms with Gasteiger partial charge in [-0.05, 0) is 43.2 Å². The predicted octanol–water partition coefficient (Wildman–Crippen LogP) is 2.35. The van der Waals surface area contributed by atoms with E-state index >= 15 is 0 Å². The van der Waals surface area contributed by atoms with Gasteiger partial charge in [0, 0.05) is 46.2 Å². The van der Waals surface area contributed by atoms with Gasteiger partial charge >= 0.3 is 0 Å². The molecule has 2 heterocycles. The molecule has 0 saturated carbocycles. The maximum Gasteiger partial charge on any atom is 0.222 e. The van der Waals surface area contributed by atoms with Gasteiger partial charge in [-0.1, -0.05) is 30.3 Å². The average Bonchev–Trinajstić information content (AvgIpc) is 2.57. The molecule has 24 heavy (non-hydrogen) atoms. The lowest BCUT2D eigenvalue weighted by Gasteiger charge is -2.46. The van der Waals surface area contributed by atoms with Gasteiger partial charge in [-0.25, -0.2) is 0 Å². The second-order valence-electron chi connectivity index (χ2n) is 7.74. The monoisotopic (exact) mass is 329 g/mol. The number of fused-ring (bicyclic) bond motifs is 2. The first-order valence-electron chi connectivity index (χ1n) is 9.31. The first kappa shape index (κ1) is 17.4. The van der Waals surface area contributed by atoms with Crippen LogP contribution in [0.1, 0.15) is 31.2 Å². The van der Waals surface area contributed by atoms with E-state index in [0.717, 1.165) is 37.8 Å². The Balaban J connectivity index is 1.50. The number of hydrogen-bond acceptors (Lipinski definition) is 3. The van der Waals surface area contributed by atoms with Crippen molar-refractivity contribution in [3.8, 4) is 0 Å². The molecule has 1 N–H and O–H groups in total. The number of nitrogens with one attached hydrogen (secondary N) is 1. The van der Waals surface area contributed by atoms with Crippen molar-refractivity contribution in [1.29, 1.82) is 0 Å². The molecule has 0 unspecified atom stereocenters. The minimum absolute atomic E-state index is 0.248. The molecular weight excluding hydrogens is 298 g/mol. The van der Waals surface area contributed by atoms with Gasteiger partial charge < -0.3 is 10.2 Å². The highest BCUT2D eigenvalue weighted by molar-refractivity contribution is 5.75. The first-order valence-corrected chi connectivity index (χ1v) is 9.31. The lowest BCUT2D eigenvalue weighted by atomic mass is 9.79. The largest absolute Gasteiger partial charge is 0.349 e. The lowest BCUT2D eigenvalue weighted by molar-refractivity contribution is -0.128. The van der Waals surface area contributed by atoms with E-state index in [9.17, 15) is 4.79 Å². The van der Waals surface area contributed by atoms with Crippen LogP contribution in [-0.2, 0) is 11.3 Å². The Kier molecular flexibility index (Phi) is 5.90. The van der Waals surface area contributed by atoms with Gasteiger partial charge in [0.15, 0.2) is 0 Å². The highest BCUT2D eigenvalue weighted by Gasteiger charge is 2.35. The quantitative estimate of drug-likeness (QED) is 0.870. The van der Waals surface area contributed by atoms with Gasteiger partial charge in [0.25, 0.3) is 0 Å². The van der Waals surface area contributed by atoms with Crippen LogP contribution >= 0.6 is 0 Å². The Hall–Kier alpha value is -1.39. The van der Waals surface area contributed by atoms with Crippen molar-refractivity contribution in [2.45, 2.75) is 38.3 Å². The van der Waals surface area contributed by atoms with Crippen LogP contribution in [0.4, 0.5) is 0 Å². The number of rotatable bonds is 6. The van der Waals surface area contributed by atoms with Crippen molar-refractivity contribution in [3.05, 3.63) is 35.9 Å². The maximum absolute atomic E-state index is 11.8. The molecule has 3 atom stereocenters. The molecule has 2 aliphatic heterocycles. The van der Waals surface area contributed by atoms with Gasteiger partial charge in [0.1, 0.15) is 0 Å². The molecule has 2 fully saturated rings. The summed E-state index contributed by atoms with van der Waals surface area (Å²) < 4.78 is 0. The van der Waals surface area contributed by atoms with Crippen LogP contribution in [0.3, 0.4) is 0 Å². The first-order chi connectivity index (χ1) is 11.6. The third-order valence-corrected chi connectivity index (χ3v) is 5.54. The van der Waals surface area contributed by atoms with Crippen molar-refractivity contribution < 1.29 is 4.79 Å². The Morgan fingerprint density at radius 3 is 2.79 bits per heavy atom. The molecule has 2 saturated heterocycles. The fourth-order valence-electron chi connectivity index (χ4n) is 4.28. The fraction of sp³-hybridized carbons (Fsp3) is 0.650. The van der Waals surface area contributed by atoms with Crippen molar-refractivity contribution in [2.24, 2.45) is 11.8 Å². The molecular formula is C20H31N3O. The summed E-state index contributed by atoms with van der Waals surface area (Å²) in [6.45, 7) is 4.60. The number of hydrogen-bond donors (Lipinski definition) is 1. The standard InChI is InChI=1S/C20H31N3O/c1-22(2)20(24)10-6-9-19-18-11-17(12-21-19)14-23(15-18)13-16-7-4-3-5-8-16/h3-5,7-8,17-19,21H,6,9-15H2,1-2H3/t17-,18-,19+/m0/s1. The second-order valence-corrected chi connectivity index (χ2v) is 7.74. The van der Waals surface area contributed by atoms with E-state index < -0.39 is 0 Å². The van der Waals surface area contributed by atoms with Crippen molar-refractivity contribution in [1.82, 2.24) is 15.1 Å². The molecule has 2 aliphatic rings. The molecule has 0 radical (unpaired) electrons. The van der Waals surface area contributed by atoms with Crippen LogP contribution in [0.15, 0.2) is 30.3 Å². The molecule has 0 aliphatic carbocycles. The molecule has 1 aromatic rings. The van der Waals surface area contributed by atoms with E-state index in [-0.39, 0.29) is 5.91 Å². The number of carbonyl (C=O) groups is 1. The molecule has 2 bridgehead atoms. The summed E-state index contributed by atoms with van der Waals surface area (Å²) in [6.07, 6.45) is 4.14. The average molecular weight is 329 g/mol. The zero-order valence-electron chi connectivity index (χ0n) is 15.1. The molecule has 1 amide bonds. The molecule has 0 aromatic heterocycles. The second kappa shape index (κ2) is 8.13. The molecule has 4 heteroatoms. The van der Waals surface area contributed by atoms with Crippen molar-refractivity contribution in [2.75, 3.05) is 33.7 Å². The van der Waals surface area contributed by atoms with Gasteiger partial charge in [-0.15, -0.1) is 0 Å². The third kappa shape index (κ3) is 4.58. The third-order valence-electron chi connectivity index (χ3n) is 5.54. The molecule has 4 nitrogen and oxygen atoms in total. The van der Waals surface area contributed by atoms with Crippen LogP contribution in [-0.4, -0.2) is 55.5 Å². The van der Waals surface area contributed by atoms with Gasteiger partial charge in [0.2, 0.25) is 5.91 Å². The summed E-state index contributed by atoms with van der Waals surface area (Å²) in [6, 6.07) is 11.4. The SMILES string of the molecule is CN(C)C(=O)CCC[C@H]1NC[C@@H]2C[C@H]1CN(Cc1ccccc1)C2. The van der Waals surface area contributed by atoms with Crippen molar-refractivity contribution in [3.63, 3.8) is 0 Å². The smallest absolute Gasteiger partial charge is 0.222 e. The Morgan fingerprint density at radius 1 is 1.25 bits per heavy atom. The van der Waals surface area contributed by atoms with E-state index in [4.69, 9.17) is 0 Å². The molecule has 1 aromatic carbocycles. The van der Waals surface area contributed by atoms with E-state index in [1.165, 1.54) is 25.1 Å². The van der Waals surface area contributed by atoms with Crippen LogP contribution in [0.2, 0.25) is 0 Å². The van der Waals surface area contributed by atoms with E-state index in [2.05, 4.69) is 40.5 Å². The van der Waals surface area contributed by atoms with Crippen molar-refractivity contribution >= 4 is 5.91 Å². The maximum atomic E-state index is 11.8. The predicted molar refractivity (Wildman–Crippen MR) is 97.7 cm³/mol. The van der Waals surface area contributed by atoms with E-state index in [1.54, 1.807) is 4.90 Å². The zero-order chi connectivity index (χ0) is 16.9. The highest BCUT2D eigenvalue weighted by Crippen LogP contribution is 2.31. The summed E-state index contributed by atoms with van der Waals surface area (Å²) in [5.74, 6) is 1.76. The minimum atomic E-state index is 0.248. The number of carbonyl (C=O) groups excluding carboxylic acids is 1. The van der Waals surface area contributed by atoms with Crippen LogP contribution in [0.25, 0.3) is 0 Å². The van der Waals surface area contributed by atoms with E-state index in [1.807, 2.05) is 14.1 Å². The van der Waals surface area contributed by atoms with Crippen LogP contribution in [0, 0.1) is 11.8 Å². The minimum Gasteiger partial charge on any atom is -0.349 e. The number of piperidine rings is 2. The summed E-state index contributed by atoms with van der Waals surface area (Å²) >= 11 is 0. The summed E-state index contributed by atoms with van der Waals surface area (Å²) in [5.41, 5.74) is 1.42. The number of nitrogens with zero attached hydrogens (tertiary/aromatic N) is 2. The normalized spacial score (nSPS) is 27.0. The van der Waals surface area contributed by atoms with Gasteiger partial charge in [-0.2, -0.15) is 0 Å². The van der Waals surface area contributed by atoms with Gasteiger partial charge in [-0.3, -0.25) is 9.69 Å².